The number of aromatic nitrogens is 1. The van der Waals surface area contributed by atoms with Crippen molar-refractivity contribution in [3.05, 3.63) is 72.2 Å². The van der Waals surface area contributed by atoms with Gasteiger partial charge in [0.25, 0.3) is 5.91 Å². The zero-order valence-electron chi connectivity index (χ0n) is 10.9. The van der Waals surface area contributed by atoms with E-state index >= 15 is 0 Å². The van der Waals surface area contributed by atoms with Crippen molar-refractivity contribution in [2.24, 2.45) is 0 Å². The van der Waals surface area contributed by atoms with Crippen molar-refractivity contribution in [1.82, 2.24) is 5.16 Å². The number of nitrogens with zero attached hydrogens (tertiary/aromatic N) is 1. The van der Waals surface area contributed by atoms with Crippen LogP contribution < -0.4 is 5.32 Å². The van der Waals surface area contributed by atoms with Gasteiger partial charge in [-0.05, 0) is 23.8 Å². The number of carbonyl (C=O) groups is 1. The fraction of sp³-hybridized carbons (Fsp3) is 0. The van der Waals surface area contributed by atoms with E-state index in [9.17, 15) is 9.18 Å². The summed E-state index contributed by atoms with van der Waals surface area (Å²) in [5.74, 6) is -0.692. The van der Waals surface area contributed by atoms with Crippen molar-refractivity contribution >= 4 is 11.8 Å². The molecule has 0 unspecified atom stereocenters. The van der Waals surface area contributed by atoms with Gasteiger partial charge in [-0.25, -0.2) is 4.39 Å². The van der Waals surface area contributed by atoms with Gasteiger partial charge in [0.1, 0.15) is 5.82 Å². The largest absolute Gasteiger partial charge is 0.338 e. The molecule has 0 spiro atoms. The summed E-state index contributed by atoms with van der Waals surface area (Å²) in [5.41, 5.74) is 1.75. The number of hydrogen-bond acceptors (Lipinski definition) is 3. The lowest BCUT2D eigenvalue weighted by Gasteiger charge is -2.04. The Morgan fingerprint density at radius 2 is 1.90 bits per heavy atom. The molecule has 0 radical (unpaired) electrons. The first-order valence-electron chi connectivity index (χ1n) is 6.31. The molecule has 3 rings (SSSR count). The number of amides is 1. The van der Waals surface area contributed by atoms with Crippen molar-refractivity contribution in [3.8, 4) is 11.1 Å². The number of anilines is 1. The molecule has 0 aliphatic rings. The van der Waals surface area contributed by atoms with Gasteiger partial charge in [-0.3, -0.25) is 10.1 Å². The average molecular weight is 282 g/mol. The van der Waals surface area contributed by atoms with E-state index in [1.54, 1.807) is 0 Å². The second-order valence-corrected chi connectivity index (χ2v) is 4.40. The van der Waals surface area contributed by atoms with E-state index < -0.39 is 11.7 Å². The third kappa shape index (κ3) is 2.81. The molecule has 0 aliphatic carbocycles. The van der Waals surface area contributed by atoms with Crippen molar-refractivity contribution in [2.45, 2.75) is 0 Å². The second-order valence-electron chi connectivity index (χ2n) is 4.40. The molecule has 0 atom stereocenters. The van der Waals surface area contributed by atoms with Gasteiger partial charge in [0.2, 0.25) is 5.88 Å². The first-order valence-corrected chi connectivity index (χ1v) is 6.31. The lowest BCUT2D eigenvalue weighted by atomic mass is 10.1. The summed E-state index contributed by atoms with van der Waals surface area (Å²) >= 11 is 0. The Morgan fingerprint density at radius 3 is 2.67 bits per heavy atom. The highest BCUT2D eigenvalue weighted by Gasteiger charge is 2.14. The summed E-state index contributed by atoms with van der Waals surface area (Å²) in [5, 5.41) is 6.30. The molecule has 1 amide bonds. The van der Waals surface area contributed by atoms with Crippen LogP contribution in [0, 0.1) is 5.82 Å². The van der Waals surface area contributed by atoms with Crippen LogP contribution in [0.15, 0.2) is 65.3 Å². The monoisotopic (exact) mass is 282 g/mol. The van der Waals surface area contributed by atoms with Gasteiger partial charge >= 0.3 is 0 Å². The summed E-state index contributed by atoms with van der Waals surface area (Å²) in [6.45, 7) is 0. The second kappa shape index (κ2) is 5.58. The lowest BCUT2D eigenvalue weighted by Crippen LogP contribution is -2.12. The SMILES string of the molecule is O=C(Nc1oncc1-c1ccccc1)c1cccc(F)c1. The van der Waals surface area contributed by atoms with Crippen LogP contribution in [-0.4, -0.2) is 11.1 Å². The van der Waals surface area contributed by atoms with Crippen LogP contribution >= 0.6 is 0 Å². The summed E-state index contributed by atoms with van der Waals surface area (Å²) in [6.07, 6.45) is 1.52. The van der Waals surface area contributed by atoms with Crippen LogP contribution in [0.4, 0.5) is 10.3 Å². The summed E-state index contributed by atoms with van der Waals surface area (Å²) in [4.78, 5) is 12.1. The van der Waals surface area contributed by atoms with Gasteiger partial charge in [0.05, 0.1) is 11.8 Å². The highest BCUT2D eigenvalue weighted by atomic mass is 19.1. The summed E-state index contributed by atoms with van der Waals surface area (Å²) in [7, 11) is 0. The Balaban J connectivity index is 1.87. The van der Waals surface area contributed by atoms with Crippen molar-refractivity contribution in [2.75, 3.05) is 5.32 Å². The molecule has 0 aliphatic heterocycles. The molecule has 0 bridgehead atoms. The fourth-order valence-electron chi connectivity index (χ4n) is 1.96. The van der Waals surface area contributed by atoms with Gasteiger partial charge in [-0.2, -0.15) is 0 Å². The highest BCUT2D eigenvalue weighted by molar-refractivity contribution is 6.05. The molecule has 1 N–H and O–H groups in total. The van der Waals surface area contributed by atoms with E-state index in [-0.39, 0.29) is 11.4 Å². The number of halogens is 1. The predicted octanol–water partition coefficient (Wildman–Crippen LogP) is 3.73. The first kappa shape index (κ1) is 13.1. The summed E-state index contributed by atoms with van der Waals surface area (Å²) in [6, 6.07) is 14.8. The van der Waals surface area contributed by atoms with Gasteiger partial charge in [-0.1, -0.05) is 41.6 Å². The number of benzene rings is 2. The van der Waals surface area contributed by atoms with E-state index in [1.807, 2.05) is 30.3 Å². The Bertz CT molecular complexity index is 769. The molecule has 0 fully saturated rings. The number of hydrogen-bond donors (Lipinski definition) is 1. The standard InChI is InChI=1S/C16H11FN2O2/c17-13-8-4-7-12(9-13)15(20)19-16-14(10-18-21-16)11-5-2-1-3-6-11/h1-10H,(H,19,20). The zero-order chi connectivity index (χ0) is 14.7. The van der Waals surface area contributed by atoms with Crippen LogP contribution in [0.3, 0.4) is 0 Å². The molecule has 4 nitrogen and oxygen atoms in total. The minimum Gasteiger partial charge on any atom is -0.338 e. The van der Waals surface area contributed by atoms with Crippen LogP contribution in [0.5, 0.6) is 0 Å². The third-order valence-electron chi connectivity index (χ3n) is 2.97. The molecule has 21 heavy (non-hydrogen) atoms. The van der Waals surface area contributed by atoms with Gasteiger partial charge in [0.15, 0.2) is 0 Å². The van der Waals surface area contributed by atoms with E-state index in [0.29, 0.717) is 5.56 Å². The number of rotatable bonds is 3. The molecule has 3 aromatic rings. The van der Waals surface area contributed by atoms with Gasteiger partial charge in [0, 0.05) is 5.56 Å². The van der Waals surface area contributed by atoms with E-state index in [0.717, 1.165) is 11.6 Å². The maximum absolute atomic E-state index is 13.1. The highest BCUT2D eigenvalue weighted by Crippen LogP contribution is 2.27. The molecule has 2 aromatic carbocycles. The maximum atomic E-state index is 13.1. The Kier molecular flexibility index (Phi) is 3.47. The molecule has 1 heterocycles. The average Bonchev–Trinajstić information content (AvgIpc) is 2.96. The van der Waals surface area contributed by atoms with E-state index in [2.05, 4.69) is 10.5 Å². The number of carbonyl (C=O) groups excluding carboxylic acids is 1. The van der Waals surface area contributed by atoms with Crippen LogP contribution in [0.1, 0.15) is 10.4 Å². The predicted molar refractivity (Wildman–Crippen MR) is 76.3 cm³/mol. The van der Waals surface area contributed by atoms with Crippen LogP contribution in [-0.2, 0) is 0 Å². The fourth-order valence-corrected chi connectivity index (χ4v) is 1.96. The minimum absolute atomic E-state index is 0.213. The molecule has 1 aromatic heterocycles. The van der Waals surface area contributed by atoms with Crippen LogP contribution in [0.25, 0.3) is 11.1 Å². The molecular weight excluding hydrogens is 271 g/mol. The molecule has 0 saturated carbocycles. The van der Waals surface area contributed by atoms with Crippen molar-refractivity contribution in [3.63, 3.8) is 0 Å². The van der Waals surface area contributed by atoms with Crippen molar-refractivity contribution < 1.29 is 13.7 Å². The Hall–Kier alpha value is -2.95. The van der Waals surface area contributed by atoms with Gasteiger partial charge < -0.3 is 4.52 Å². The van der Waals surface area contributed by atoms with Gasteiger partial charge in [-0.15, -0.1) is 0 Å². The van der Waals surface area contributed by atoms with Crippen LogP contribution in [0.2, 0.25) is 0 Å². The number of nitrogens with one attached hydrogen (secondary N) is 1. The smallest absolute Gasteiger partial charge is 0.258 e. The minimum atomic E-state index is -0.469. The molecule has 104 valence electrons. The van der Waals surface area contributed by atoms with E-state index in [1.165, 1.54) is 24.4 Å². The quantitative estimate of drug-likeness (QED) is 0.796. The normalized spacial score (nSPS) is 10.3. The molecule has 0 saturated heterocycles. The first-order chi connectivity index (χ1) is 10.2. The van der Waals surface area contributed by atoms with E-state index in [4.69, 9.17) is 4.52 Å². The van der Waals surface area contributed by atoms with Crippen molar-refractivity contribution in [1.29, 1.82) is 0 Å². The summed E-state index contributed by atoms with van der Waals surface area (Å²) < 4.78 is 18.2. The zero-order valence-corrected chi connectivity index (χ0v) is 10.9. The maximum Gasteiger partial charge on any atom is 0.258 e. The molecule has 5 heteroatoms. The Labute approximate surface area is 120 Å². The third-order valence-corrected chi connectivity index (χ3v) is 2.97. The Morgan fingerprint density at radius 1 is 1.10 bits per heavy atom. The topological polar surface area (TPSA) is 55.1 Å². The molecular formula is C16H11FN2O2. The lowest BCUT2D eigenvalue weighted by molar-refractivity contribution is 0.102.